The van der Waals surface area contributed by atoms with Crippen LogP contribution in [0.1, 0.15) is 28.5 Å². The van der Waals surface area contributed by atoms with Gasteiger partial charge in [0.2, 0.25) is 0 Å². The summed E-state index contributed by atoms with van der Waals surface area (Å²) in [6.45, 7) is 6.83. The van der Waals surface area contributed by atoms with Crippen LogP contribution in [0.4, 0.5) is 5.13 Å². The van der Waals surface area contributed by atoms with E-state index in [0.29, 0.717) is 10.8 Å². The fourth-order valence-corrected chi connectivity index (χ4v) is 3.02. The summed E-state index contributed by atoms with van der Waals surface area (Å²) in [5.74, 6) is -0.226. The lowest BCUT2D eigenvalue weighted by molar-refractivity contribution is 0.102. The molecular formula is C15H16N4OS. The fourth-order valence-electron chi connectivity index (χ4n) is 2.10. The Kier molecular flexibility index (Phi) is 3.47. The van der Waals surface area contributed by atoms with Crippen LogP contribution in [0.2, 0.25) is 0 Å². The second kappa shape index (κ2) is 5.29. The molecule has 108 valence electrons. The van der Waals surface area contributed by atoms with Gasteiger partial charge >= 0.3 is 0 Å². The van der Waals surface area contributed by atoms with Gasteiger partial charge in [-0.3, -0.25) is 14.8 Å². The summed E-state index contributed by atoms with van der Waals surface area (Å²) in [6.07, 6.45) is 1.79. The quantitative estimate of drug-likeness (QED) is 0.806. The van der Waals surface area contributed by atoms with Crippen molar-refractivity contribution in [3.63, 3.8) is 0 Å². The molecule has 5 nitrogen and oxygen atoms in total. The van der Waals surface area contributed by atoms with Crippen molar-refractivity contribution in [1.82, 2.24) is 14.8 Å². The van der Waals surface area contributed by atoms with E-state index in [-0.39, 0.29) is 5.91 Å². The molecule has 1 amide bonds. The number of hydrogen-bond donors (Lipinski definition) is 1. The first kappa shape index (κ1) is 13.8. The van der Waals surface area contributed by atoms with Gasteiger partial charge in [0.15, 0.2) is 10.8 Å². The number of rotatable bonds is 3. The van der Waals surface area contributed by atoms with Gasteiger partial charge in [0.1, 0.15) is 0 Å². The van der Waals surface area contributed by atoms with E-state index in [1.54, 1.807) is 16.9 Å². The van der Waals surface area contributed by atoms with Crippen molar-refractivity contribution < 1.29 is 4.79 Å². The molecule has 3 aromatic rings. The Morgan fingerprint density at radius 1 is 1.33 bits per heavy atom. The maximum atomic E-state index is 12.2. The number of carbonyl (C=O) groups excluding carboxylic acids is 1. The van der Waals surface area contributed by atoms with Gasteiger partial charge in [-0.1, -0.05) is 17.4 Å². The number of fused-ring (bicyclic) bond motifs is 1. The molecule has 0 bridgehead atoms. The zero-order chi connectivity index (χ0) is 15.0. The average molecular weight is 300 g/mol. The Bertz CT molecular complexity index is 818. The summed E-state index contributed by atoms with van der Waals surface area (Å²) in [6, 6.07) is 5.82. The normalized spacial score (nSPS) is 11.0. The number of aromatic nitrogens is 3. The highest BCUT2D eigenvalue weighted by molar-refractivity contribution is 7.22. The molecule has 2 aromatic heterocycles. The Hall–Kier alpha value is -2.21. The Morgan fingerprint density at radius 3 is 2.86 bits per heavy atom. The van der Waals surface area contributed by atoms with E-state index in [1.165, 1.54) is 16.9 Å². The third-order valence-corrected chi connectivity index (χ3v) is 4.44. The lowest BCUT2D eigenvalue weighted by Gasteiger charge is -1.98. The average Bonchev–Trinajstić information content (AvgIpc) is 3.09. The Morgan fingerprint density at radius 2 is 2.14 bits per heavy atom. The van der Waals surface area contributed by atoms with Crippen LogP contribution < -0.4 is 5.32 Å². The molecule has 0 aliphatic carbocycles. The van der Waals surface area contributed by atoms with Gasteiger partial charge in [-0.15, -0.1) is 0 Å². The SMILES string of the molecule is CCn1ccc(C(=O)Nc2nc3c(C)c(C)ccc3s2)n1. The molecule has 0 spiro atoms. The zero-order valence-electron chi connectivity index (χ0n) is 12.2. The third kappa shape index (κ3) is 2.54. The number of nitrogens with one attached hydrogen (secondary N) is 1. The maximum Gasteiger partial charge on any atom is 0.277 e. The summed E-state index contributed by atoms with van der Waals surface area (Å²) < 4.78 is 2.80. The second-order valence-corrected chi connectivity index (χ2v) is 5.91. The molecule has 0 radical (unpaired) electrons. The van der Waals surface area contributed by atoms with Crippen molar-refractivity contribution in [2.45, 2.75) is 27.3 Å². The van der Waals surface area contributed by atoms with Crippen LogP contribution in [0.5, 0.6) is 0 Å². The zero-order valence-corrected chi connectivity index (χ0v) is 13.0. The smallest absolute Gasteiger partial charge is 0.277 e. The van der Waals surface area contributed by atoms with Gasteiger partial charge < -0.3 is 0 Å². The molecule has 6 heteroatoms. The minimum atomic E-state index is -0.226. The monoisotopic (exact) mass is 300 g/mol. The molecule has 2 heterocycles. The molecule has 0 aliphatic rings. The standard InChI is InChI=1S/C15H16N4OS/c1-4-19-8-7-11(18-19)14(20)17-15-16-13-10(3)9(2)5-6-12(13)21-15/h5-8H,4H2,1-3H3,(H,16,17,20). The van der Waals surface area contributed by atoms with Gasteiger partial charge in [-0.25, -0.2) is 4.98 Å². The molecule has 21 heavy (non-hydrogen) atoms. The predicted octanol–water partition coefficient (Wildman–Crippen LogP) is 3.38. The van der Waals surface area contributed by atoms with E-state index < -0.39 is 0 Å². The van der Waals surface area contributed by atoms with Crippen LogP contribution in [0.25, 0.3) is 10.2 Å². The Labute approximate surface area is 126 Å². The number of nitrogens with zero attached hydrogens (tertiary/aromatic N) is 3. The van der Waals surface area contributed by atoms with Gasteiger partial charge in [-0.2, -0.15) is 5.10 Å². The van der Waals surface area contributed by atoms with Crippen LogP contribution in [0.3, 0.4) is 0 Å². The molecule has 1 N–H and O–H groups in total. The minimum absolute atomic E-state index is 0.226. The van der Waals surface area contributed by atoms with Crippen molar-refractivity contribution >= 4 is 32.6 Å². The molecule has 0 aliphatic heterocycles. The third-order valence-electron chi connectivity index (χ3n) is 3.50. The van der Waals surface area contributed by atoms with Crippen molar-refractivity contribution in [2.75, 3.05) is 5.32 Å². The number of amides is 1. The molecule has 1 aromatic carbocycles. The predicted molar refractivity (Wildman–Crippen MR) is 84.9 cm³/mol. The van der Waals surface area contributed by atoms with E-state index in [2.05, 4.69) is 28.4 Å². The maximum absolute atomic E-state index is 12.2. The van der Waals surface area contributed by atoms with Crippen LogP contribution >= 0.6 is 11.3 Å². The van der Waals surface area contributed by atoms with Gasteiger partial charge in [0.25, 0.3) is 5.91 Å². The number of anilines is 1. The first-order chi connectivity index (χ1) is 10.1. The molecule has 0 unspecified atom stereocenters. The first-order valence-electron chi connectivity index (χ1n) is 6.80. The van der Waals surface area contributed by atoms with Gasteiger partial charge in [0.05, 0.1) is 10.2 Å². The summed E-state index contributed by atoms with van der Waals surface area (Å²) in [5, 5.41) is 7.62. The molecule has 0 saturated heterocycles. The largest absolute Gasteiger partial charge is 0.296 e. The number of thiazole rings is 1. The van der Waals surface area contributed by atoms with Crippen molar-refractivity contribution in [2.24, 2.45) is 0 Å². The summed E-state index contributed by atoms with van der Waals surface area (Å²) >= 11 is 1.48. The van der Waals surface area contributed by atoms with Gasteiger partial charge in [-0.05, 0) is 44.0 Å². The van der Waals surface area contributed by atoms with E-state index in [9.17, 15) is 4.79 Å². The van der Waals surface area contributed by atoms with Gasteiger partial charge in [0, 0.05) is 12.7 Å². The van der Waals surface area contributed by atoms with Crippen molar-refractivity contribution in [3.05, 3.63) is 41.2 Å². The number of hydrogen-bond acceptors (Lipinski definition) is 4. The number of carbonyl (C=O) groups is 1. The fraction of sp³-hybridized carbons (Fsp3) is 0.267. The highest BCUT2D eigenvalue weighted by Crippen LogP contribution is 2.29. The van der Waals surface area contributed by atoms with Crippen LogP contribution in [0.15, 0.2) is 24.4 Å². The highest BCUT2D eigenvalue weighted by atomic mass is 32.1. The molecule has 0 fully saturated rings. The number of aryl methyl sites for hydroxylation is 3. The van der Waals surface area contributed by atoms with Crippen molar-refractivity contribution in [1.29, 1.82) is 0 Å². The Balaban J connectivity index is 1.87. The second-order valence-electron chi connectivity index (χ2n) is 4.88. The van der Waals surface area contributed by atoms with E-state index in [0.717, 1.165) is 22.3 Å². The van der Waals surface area contributed by atoms with Crippen LogP contribution in [0, 0.1) is 13.8 Å². The van der Waals surface area contributed by atoms with E-state index in [4.69, 9.17) is 0 Å². The molecule has 0 saturated carbocycles. The summed E-state index contributed by atoms with van der Waals surface area (Å²) in [7, 11) is 0. The topological polar surface area (TPSA) is 59.8 Å². The number of benzene rings is 1. The first-order valence-corrected chi connectivity index (χ1v) is 7.61. The van der Waals surface area contributed by atoms with Crippen molar-refractivity contribution in [3.8, 4) is 0 Å². The van der Waals surface area contributed by atoms with E-state index in [1.807, 2.05) is 19.9 Å². The lowest BCUT2D eigenvalue weighted by Crippen LogP contribution is -2.13. The minimum Gasteiger partial charge on any atom is -0.296 e. The lowest BCUT2D eigenvalue weighted by atomic mass is 10.1. The summed E-state index contributed by atoms with van der Waals surface area (Å²) in [4.78, 5) is 16.7. The van der Waals surface area contributed by atoms with E-state index >= 15 is 0 Å². The molecule has 0 atom stereocenters. The van der Waals surface area contributed by atoms with Crippen LogP contribution in [-0.4, -0.2) is 20.7 Å². The van der Waals surface area contributed by atoms with Crippen LogP contribution in [-0.2, 0) is 6.54 Å². The highest BCUT2D eigenvalue weighted by Gasteiger charge is 2.13. The molecule has 3 rings (SSSR count). The summed E-state index contributed by atoms with van der Waals surface area (Å²) in [5.41, 5.74) is 3.71. The molecular weight excluding hydrogens is 284 g/mol.